The van der Waals surface area contributed by atoms with Crippen LogP contribution in [0.5, 0.6) is 0 Å². The van der Waals surface area contributed by atoms with E-state index >= 15 is 0 Å². The van der Waals surface area contributed by atoms with E-state index in [0.717, 1.165) is 5.57 Å². The summed E-state index contributed by atoms with van der Waals surface area (Å²) in [6.45, 7) is 7.13. The van der Waals surface area contributed by atoms with E-state index in [9.17, 15) is 29.0 Å². The topological polar surface area (TPSA) is 101 Å². The van der Waals surface area contributed by atoms with Crippen LogP contribution in [0, 0.1) is 34.5 Å². The first-order chi connectivity index (χ1) is 14.4. The lowest BCUT2D eigenvalue weighted by Crippen LogP contribution is -2.63. The zero-order valence-corrected chi connectivity index (χ0v) is 18.5. The zero-order valence-electron chi connectivity index (χ0n) is 18.5. The molecule has 0 saturated heterocycles. The van der Waals surface area contributed by atoms with Crippen molar-refractivity contribution in [1.29, 1.82) is 0 Å². The Kier molecular flexibility index (Phi) is 5.00. The average molecular weight is 435 g/mol. The van der Waals surface area contributed by atoms with Crippen LogP contribution in [-0.2, 0) is 19.1 Å². The molecule has 4 aliphatic carbocycles. The highest BCUT2D eigenvalue weighted by molar-refractivity contribution is 6.04. The van der Waals surface area contributed by atoms with Gasteiger partial charge in [0.25, 0.3) is 0 Å². The maximum Gasteiger partial charge on any atom is 0.349 e. The fourth-order valence-corrected chi connectivity index (χ4v) is 7.67. The van der Waals surface area contributed by atoms with E-state index in [1.165, 1.54) is 12.2 Å². The molecule has 8 atom stereocenters. The molecule has 4 aliphatic rings. The number of carboxylic acid groups (broad SMARTS) is 1. The van der Waals surface area contributed by atoms with Gasteiger partial charge >= 0.3 is 11.9 Å². The molecule has 31 heavy (non-hydrogen) atoms. The van der Waals surface area contributed by atoms with E-state index in [-0.39, 0.29) is 30.6 Å². The Labute approximate surface area is 181 Å². The van der Waals surface area contributed by atoms with Crippen LogP contribution >= 0.6 is 0 Å². The number of allylic oxidation sites excluding steroid dienone is 4. The summed E-state index contributed by atoms with van der Waals surface area (Å²) in [5.74, 6) is -4.11. The number of esters is 1. The molecule has 7 heteroatoms. The molecule has 0 heterocycles. The molecule has 0 spiro atoms. The molecule has 0 aromatic carbocycles. The predicted octanol–water partition coefficient (Wildman–Crippen LogP) is 3.58. The number of aliphatic hydroxyl groups is 1. The van der Waals surface area contributed by atoms with Gasteiger partial charge in [0.2, 0.25) is 11.4 Å². The molecule has 0 aromatic rings. The Morgan fingerprint density at radius 3 is 2.61 bits per heavy atom. The van der Waals surface area contributed by atoms with Crippen LogP contribution in [0.1, 0.15) is 59.8 Å². The highest BCUT2D eigenvalue weighted by atomic mass is 19.1. The normalized spacial score (nSPS) is 46.3. The van der Waals surface area contributed by atoms with Crippen LogP contribution in [0.15, 0.2) is 23.6 Å². The molecule has 6 nitrogen and oxygen atoms in total. The van der Waals surface area contributed by atoms with Crippen LogP contribution in [0.2, 0.25) is 0 Å². The third kappa shape index (κ3) is 2.74. The fraction of sp³-hybridized carbons (Fsp3) is 0.708. The zero-order chi connectivity index (χ0) is 22.9. The summed E-state index contributed by atoms with van der Waals surface area (Å²) in [6.07, 6.45) is 3.84. The number of rotatable bonds is 3. The van der Waals surface area contributed by atoms with E-state index in [1.807, 2.05) is 13.8 Å². The largest absolute Gasteiger partial charge is 0.478 e. The second kappa shape index (κ2) is 6.99. The summed E-state index contributed by atoms with van der Waals surface area (Å²) in [7, 11) is 0. The van der Waals surface area contributed by atoms with Crippen LogP contribution in [0.4, 0.5) is 4.39 Å². The van der Waals surface area contributed by atoms with Crippen molar-refractivity contribution >= 4 is 17.7 Å². The SMILES string of the molecule is CCC(=O)O[C@]1(C(=O)O)[C@H](C)C[C@H]2[C@@H]3CCC4=CC(=O)C(F)=C[C@]4(C)[C@H]3[C@@H](O)C[C@@]21C. The maximum atomic E-state index is 14.3. The molecule has 0 amide bonds. The number of hydrogen-bond acceptors (Lipinski definition) is 5. The number of ketones is 1. The molecule has 170 valence electrons. The number of fused-ring (bicyclic) bond motifs is 5. The Bertz CT molecular complexity index is 908. The number of carbonyl (C=O) groups excluding carboxylic acids is 2. The van der Waals surface area contributed by atoms with E-state index in [0.29, 0.717) is 19.3 Å². The molecule has 0 aliphatic heterocycles. The molecule has 0 unspecified atom stereocenters. The number of halogens is 1. The fourth-order valence-electron chi connectivity index (χ4n) is 7.67. The number of hydrogen-bond donors (Lipinski definition) is 2. The molecule has 3 fully saturated rings. The van der Waals surface area contributed by atoms with E-state index < -0.39 is 52.0 Å². The summed E-state index contributed by atoms with van der Waals surface area (Å²) >= 11 is 0. The third-order valence-corrected chi connectivity index (χ3v) is 8.97. The number of aliphatic carboxylic acids is 1. The summed E-state index contributed by atoms with van der Waals surface area (Å²) in [4.78, 5) is 36.8. The predicted molar refractivity (Wildman–Crippen MR) is 109 cm³/mol. The van der Waals surface area contributed by atoms with E-state index in [2.05, 4.69) is 0 Å². The van der Waals surface area contributed by atoms with Gasteiger partial charge in [-0.2, -0.15) is 0 Å². The quantitative estimate of drug-likeness (QED) is 0.659. The van der Waals surface area contributed by atoms with Crippen molar-refractivity contribution in [3.8, 4) is 0 Å². The highest BCUT2D eigenvalue weighted by Crippen LogP contribution is 2.69. The number of ether oxygens (including phenoxy) is 1. The summed E-state index contributed by atoms with van der Waals surface area (Å²) in [5.41, 5.74) is -2.62. The second-order valence-corrected chi connectivity index (χ2v) is 10.3. The standard InChI is InChI=1S/C24H31FO6/c1-5-19(28)31-24(21(29)30)12(2)8-15-14-7-6-13-9-17(26)16(25)10-22(13,3)20(14)18(27)11-23(15,24)4/h9-10,12,14-15,18,20,27H,5-8,11H2,1-4H3,(H,29,30)/t12-,14+,15+,18+,20-,22+,23+,24+/m1/s1. The lowest BCUT2D eigenvalue weighted by atomic mass is 9.46. The lowest BCUT2D eigenvalue weighted by Gasteiger charge is -2.59. The molecule has 4 rings (SSSR count). The van der Waals surface area contributed by atoms with Crippen molar-refractivity contribution in [3.63, 3.8) is 0 Å². The van der Waals surface area contributed by atoms with Crippen LogP contribution in [-0.4, -0.2) is 39.6 Å². The van der Waals surface area contributed by atoms with Crippen molar-refractivity contribution < 1.29 is 33.7 Å². The van der Waals surface area contributed by atoms with Gasteiger partial charge in [-0.15, -0.1) is 0 Å². The van der Waals surface area contributed by atoms with Gasteiger partial charge in [-0.25, -0.2) is 9.18 Å². The van der Waals surface area contributed by atoms with Gasteiger partial charge < -0.3 is 14.9 Å². The smallest absolute Gasteiger partial charge is 0.349 e. The van der Waals surface area contributed by atoms with Crippen LogP contribution in [0.25, 0.3) is 0 Å². The first-order valence-electron chi connectivity index (χ1n) is 11.2. The van der Waals surface area contributed by atoms with Gasteiger partial charge in [0.15, 0.2) is 5.83 Å². The summed E-state index contributed by atoms with van der Waals surface area (Å²) in [6, 6.07) is 0. The lowest BCUT2D eigenvalue weighted by molar-refractivity contribution is -0.215. The van der Waals surface area contributed by atoms with E-state index in [1.54, 1.807) is 13.8 Å². The maximum absolute atomic E-state index is 14.3. The molecular formula is C24H31FO6. The van der Waals surface area contributed by atoms with Gasteiger partial charge in [0.05, 0.1) is 6.10 Å². The molecule has 0 aromatic heterocycles. The number of carbonyl (C=O) groups is 3. The second-order valence-electron chi connectivity index (χ2n) is 10.3. The van der Waals surface area contributed by atoms with Gasteiger partial charge in [-0.1, -0.05) is 33.3 Å². The Balaban J connectivity index is 1.80. The number of carboxylic acids is 1. The van der Waals surface area contributed by atoms with Crippen LogP contribution < -0.4 is 0 Å². The Morgan fingerprint density at radius 2 is 2.00 bits per heavy atom. The van der Waals surface area contributed by atoms with Crippen molar-refractivity contribution in [2.45, 2.75) is 71.5 Å². The Hall–Kier alpha value is -2.02. The third-order valence-electron chi connectivity index (χ3n) is 8.97. The van der Waals surface area contributed by atoms with Crippen molar-refractivity contribution in [2.75, 3.05) is 0 Å². The first kappa shape index (κ1) is 22.2. The van der Waals surface area contributed by atoms with Crippen LogP contribution in [0.3, 0.4) is 0 Å². The van der Waals surface area contributed by atoms with Crippen molar-refractivity contribution in [1.82, 2.24) is 0 Å². The molecule has 2 N–H and O–H groups in total. The average Bonchev–Trinajstić information content (AvgIpc) is 2.90. The number of aliphatic hydroxyl groups excluding tert-OH is 1. The molecular weight excluding hydrogens is 403 g/mol. The molecule has 0 bridgehead atoms. The molecule has 0 radical (unpaired) electrons. The van der Waals surface area contributed by atoms with Crippen molar-refractivity contribution in [3.05, 3.63) is 23.6 Å². The van der Waals surface area contributed by atoms with Gasteiger partial charge in [0.1, 0.15) is 0 Å². The molecule has 3 saturated carbocycles. The minimum atomic E-state index is -1.71. The first-order valence-corrected chi connectivity index (χ1v) is 11.2. The Morgan fingerprint density at radius 1 is 1.32 bits per heavy atom. The minimum absolute atomic E-state index is 0.0709. The minimum Gasteiger partial charge on any atom is -0.478 e. The summed E-state index contributed by atoms with van der Waals surface area (Å²) < 4.78 is 20.1. The highest BCUT2D eigenvalue weighted by Gasteiger charge is 2.73. The van der Waals surface area contributed by atoms with Gasteiger partial charge in [0, 0.05) is 29.1 Å². The monoisotopic (exact) mass is 434 g/mol. The van der Waals surface area contributed by atoms with Crippen molar-refractivity contribution in [2.24, 2.45) is 34.5 Å². The van der Waals surface area contributed by atoms with Gasteiger partial charge in [-0.3, -0.25) is 9.59 Å². The van der Waals surface area contributed by atoms with E-state index in [4.69, 9.17) is 4.74 Å². The van der Waals surface area contributed by atoms with Gasteiger partial charge in [-0.05, 0) is 49.7 Å². The summed E-state index contributed by atoms with van der Waals surface area (Å²) in [5, 5.41) is 21.7.